The van der Waals surface area contributed by atoms with Gasteiger partial charge in [-0.25, -0.2) is 0 Å². The number of aromatic nitrogens is 3. The van der Waals surface area contributed by atoms with E-state index in [1.807, 2.05) is 78.9 Å². The molecule has 0 spiro atoms. The van der Waals surface area contributed by atoms with E-state index in [1.165, 1.54) is 0 Å². The molecule has 1 aromatic heterocycles. The Balaban J connectivity index is 1.73. The molecule has 5 aromatic carbocycles. The fourth-order valence-corrected chi connectivity index (χ4v) is 12.6. The molecule has 9 heteroatoms. The van der Waals surface area contributed by atoms with Crippen molar-refractivity contribution in [2.24, 2.45) is 0 Å². The molecule has 0 aliphatic carbocycles. The number of nitrogens with zero attached hydrogens (tertiary/aromatic N) is 3. The molecular formula is C34H27ClN3O4P. The zero-order chi connectivity index (χ0) is 29.8. The van der Waals surface area contributed by atoms with Gasteiger partial charge in [0.2, 0.25) is 0 Å². The number of hydrogen-bond donors (Lipinski definition) is 0. The molecule has 0 N–H and O–H groups in total. The molecule has 0 unspecified atom stereocenters. The first-order valence-electron chi connectivity index (χ1n) is 13.5. The Morgan fingerprint density at radius 2 is 0.791 bits per heavy atom. The van der Waals surface area contributed by atoms with Crippen LogP contribution < -0.4 is 29.9 Å². The zero-order valence-electron chi connectivity index (χ0n) is 22.9. The van der Waals surface area contributed by atoms with Crippen molar-refractivity contribution in [1.29, 1.82) is 0 Å². The average Bonchev–Trinajstić information content (AvgIpc) is 3.06. The van der Waals surface area contributed by atoms with Crippen molar-refractivity contribution in [1.82, 2.24) is 15.0 Å². The molecule has 0 fully saturated rings. The first kappa shape index (κ1) is 28.8. The summed E-state index contributed by atoms with van der Waals surface area (Å²) in [6, 6.07) is 46.1. The van der Waals surface area contributed by atoms with Crippen molar-refractivity contribution in [2.75, 3.05) is 0 Å². The summed E-state index contributed by atoms with van der Waals surface area (Å²) in [6.45, 7) is -4.70. The van der Waals surface area contributed by atoms with E-state index in [9.17, 15) is 14.0 Å². The van der Waals surface area contributed by atoms with Crippen molar-refractivity contribution in [3.8, 4) is 22.8 Å². The fourth-order valence-electron chi connectivity index (χ4n) is 5.47. The predicted octanol–water partition coefficient (Wildman–Crippen LogP) is 3.06. The molecule has 6 aromatic rings. The van der Waals surface area contributed by atoms with Crippen LogP contribution in [0.1, 0.15) is 5.82 Å². The van der Waals surface area contributed by atoms with Gasteiger partial charge >= 0.3 is 252 Å². The van der Waals surface area contributed by atoms with Crippen LogP contribution in [0.5, 0.6) is 0 Å². The molecule has 0 saturated carbocycles. The van der Waals surface area contributed by atoms with E-state index in [0.29, 0.717) is 27.6 Å². The monoisotopic (exact) mass is 607 g/mol. The van der Waals surface area contributed by atoms with Crippen molar-refractivity contribution in [2.45, 2.75) is 6.16 Å². The second kappa shape index (κ2) is 11.7. The summed E-state index contributed by atoms with van der Waals surface area (Å²) >= 11 is 0. The number of halogens is 1. The van der Waals surface area contributed by atoms with Gasteiger partial charge in [-0.2, -0.15) is 0 Å². The molecule has 0 saturated heterocycles. The summed E-state index contributed by atoms with van der Waals surface area (Å²) in [7, 11) is -4.95. The molecule has 0 atom stereocenters. The van der Waals surface area contributed by atoms with Crippen molar-refractivity contribution < 1.29 is 28.3 Å². The van der Waals surface area contributed by atoms with Gasteiger partial charge in [0.25, 0.3) is 0 Å². The molecule has 0 aliphatic heterocycles. The third-order valence-corrected chi connectivity index (χ3v) is 14.3. The summed E-state index contributed by atoms with van der Waals surface area (Å²) in [5.74, 6) is 1.11. The van der Waals surface area contributed by atoms with E-state index in [4.69, 9.17) is 19.0 Å². The molecule has 43 heavy (non-hydrogen) atoms. The molecule has 1 heterocycles. The molecule has 6 rings (SSSR count). The van der Waals surface area contributed by atoms with Gasteiger partial charge in [-0.15, -0.1) is 0 Å². The summed E-state index contributed by atoms with van der Waals surface area (Å²) in [4.78, 5) is 14.6. The summed E-state index contributed by atoms with van der Waals surface area (Å²) in [6.07, 6.45) is -0.125. The van der Waals surface area contributed by atoms with Gasteiger partial charge in [-0.3, -0.25) is 0 Å². The first-order valence-corrected chi connectivity index (χ1v) is 17.1. The Morgan fingerprint density at radius 1 is 0.465 bits per heavy atom. The Labute approximate surface area is 251 Å². The van der Waals surface area contributed by atoms with Gasteiger partial charge in [-0.05, 0) is 0 Å². The fraction of sp³-hybridized carbons (Fsp3) is 0.0294. The second-order valence-electron chi connectivity index (χ2n) is 9.96. The minimum absolute atomic E-state index is 0.125. The van der Waals surface area contributed by atoms with Gasteiger partial charge in [0, 0.05) is 0 Å². The van der Waals surface area contributed by atoms with E-state index in [0.717, 1.165) is 11.1 Å². The van der Waals surface area contributed by atoms with E-state index in [1.54, 1.807) is 72.8 Å². The molecule has 0 aliphatic rings. The van der Waals surface area contributed by atoms with Gasteiger partial charge in [0.05, 0.1) is 0 Å². The molecular weight excluding hydrogens is 581 g/mol. The minimum atomic E-state index is -4.95. The van der Waals surface area contributed by atoms with E-state index < -0.39 is 17.1 Å². The van der Waals surface area contributed by atoms with Gasteiger partial charge in [0.1, 0.15) is 0 Å². The van der Waals surface area contributed by atoms with Crippen molar-refractivity contribution in [3.05, 3.63) is 157 Å². The van der Waals surface area contributed by atoms with E-state index in [-0.39, 0.29) is 12.0 Å². The third-order valence-electron chi connectivity index (χ3n) is 7.33. The first-order chi connectivity index (χ1) is 20.9. The normalized spacial score (nSPS) is 12.8. The van der Waals surface area contributed by atoms with Gasteiger partial charge in [-0.1, -0.05) is 0 Å². The van der Waals surface area contributed by atoms with Crippen LogP contribution in [0.15, 0.2) is 152 Å². The maximum absolute atomic E-state index is 12.9. The molecule has 214 valence electrons. The van der Waals surface area contributed by atoms with Crippen LogP contribution in [0.25, 0.3) is 22.8 Å². The van der Waals surface area contributed by atoms with Gasteiger partial charge in [0.15, 0.2) is 0 Å². The quantitative estimate of drug-likeness (QED) is 0.232. The van der Waals surface area contributed by atoms with E-state index >= 15 is 0 Å². The number of hydrogen-bond acceptors (Lipinski definition) is 7. The molecule has 0 bridgehead atoms. The van der Waals surface area contributed by atoms with E-state index in [2.05, 4.69) is 0 Å². The summed E-state index contributed by atoms with van der Waals surface area (Å²) in [5.41, 5.74) is 1.52. The Hall–Kier alpha value is -4.33. The topological polar surface area (TPSA) is 117 Å². The zero-order valence-corrected chi connectivity index (χ0v) is 24.6. The predicted molar refractivity (Wildman–Crippen MR) is 161 cm³/mol. The van der Waals surface area contributed by atoms with Crippen LogP contribution in [0.4, 0.5) is 0 Å². The maximum atomic E-state index is 12.9. The standard InChI is InChI=1S/C34H27ClN3O4P/c39-35(40,41)42-43(29-20-10-3-11-21-29,30-22-12-4-13-23-30,31-24-14-5-15-25-31)26-32-36-33(27-16-6-1-7-17-27)38-34(37-32)28-18-8-2-9-19-28/h1-25H,26H2. The van der Waals surface area contributed by atoms with Crippen molar-refractivity contribution >= 4 is 22.7 Å². The van der Waals surface area contributed by atoms with Crippen LogP contribution in [-0.2, 0) is 10.2 Å². The van der Waals surface area contributed by atoms with Crippen molar-refractivity contribution in [3.63, 3.8) is 0 Å². The SMILES string of the molecule is [O-][Cl+3]([O-])([O-])OP(Cc1nc(-c2ccccc2)nc(-c2ccccc2)n1)(c1ccccc1)(c1ccccc1)c1ccccc1. The molecule has 0 radical (unpaired) electrons. The average molecular weight is 608 g/mol. The molecule has 7 nitrogen and oxygen atoms in total. The van der Waals surface area contributed by atoms with Crippen LogP contribution >= 0.6 is 6.83 Å². The second-order valence-corrected chi connectivity index (χ2v) is 15.6. The summed E-state index contributed by atoms with van der Waals surface area (Å²) in [5, 5.41) is 1.63. The Morgan fingerprint density at radius 3 is 1.12 bits per heavy atom. The summed E-state index contributed by atoms with van der Waals surface area (Å²) < 4.78 is 44.8. The van der Waals surface area contributed by atoms with Crippen LogP contribution in [0, 0.1) is 10.2 Å². The van der Waals surface area contributed by atoms with Crippen LogP contribution in [0.3, 0.4) is 0 Å². The third kappa shape index (κ3) is 5.58. The van der Waals surface area contributed by atoms with Gasteiger partial charge < -0.3 is 0 Å². The Bertz CT molecular complexity index is 1650. The number of rotatable bonds is 9. The molecule has 0 amide bonds. The van der Waals surface area contributed by atoms with Crippen LogP contribution in [-0.4, -0.2) is 15.0 Å². The Kier molecular flexibility index (Phi) is 7.86. The van der Waals surface area contributed by atoms with Crippen LogP contribution in [0.2, 0.25) is 0 Å². The number of benzene rings is 5.